The van der Waals surface area contributed by atoms with E-state index in [1.165, 1.54) is 13.1 Å². The van der Waals surface area contributed by atoms with Gasteiger partial charge in [-0.05, 0) is 6.07 Å². The number of H-pyrrole nitrogens is 1. The van der Waals surface area contributed by atoms with Crippen molar-refractivity contribution in [3.63, 3.8) is 0 Å². The first-order chi connectivity index (χ1) is 11.5. The largest absolute Gasteiger partial charge is 0.354 e. The number of piperazine rings is 1. The summed E-state index contributed by atoms with van der Waals surface area (Å²) in [5.74, 6) is 2.12. The summed E-state index contributed by atoms with van der Waals surface area (Å²) in [6.45, 7) is 2.90. The molecule has 1 aliphatic heterocycles. The van der Waals surface area contributed by atoms with Gasteiger partial charge in [-0.1, -0.05) is 0 Å². The van der Waals surface area contributed by atoms with Gasteiger partial charge in [0.2, 0.25) is 5.95 Å². The van der Waals surface area contributed by atoms with Crippen LogP contribution in [-0.4, -0.2) is 59.8 Å². The quantitative estimate of drug-likeness (QED) is 0.792. The van der Waals surface area contributed by atoms with Crippen molar-refractivity contribution >= 4 is 17.6 Å². The van der Waals surface area contributed by atoms with E-state index in [2.05, 4.69) is 19.9 Å². The highest BCUT2D eigenvalue weighted by Gasteiger charge is 2.20. The number of nitrogens with zero attached hydrogens (tertiary/aromatic N) is 6. The summed E-state index contributed by atoms with van der Waals surface area (Å²) < 4.78 is 1.06. The SMILES string of the molecule is CN(C)c1nccc(N2CCN(c3cc(=O)n(C)c(=O)[nH]3)CC2)n1. The van der Waals surface area contributed by atoms with Crippen LogP contribution < -0.4 is 25.9 Å². The Bertz CT molecular complexity index is 803. The fourth-order valence-corrected chi connectivity index (χ4v) is 2.62. The zero-order valence-electron chi connectivity index (χ0n) is 14.1. The van der Waals surface area contributed by atoms with Gasteiger partial charge in [-0.3, -0.25) is 14.3 Å². The molecule has 0 unspecified atom stereocenters. The van der Waals surface area contributed by atoms with Crippen LogP contribution in [-0.2, 0) is 7.05 Å². The van der Waals surface area contributed by atoms with E-state index in [1.807, 2.05) is 30.0 Å². The Hall–Kier alpha value is -2.84. The molecule has 3 heterocycles. The Balaban J connectivity index is 1.73. The summed E-state index contributed by atoms with van der Waals surface area (Å²) in [6.07, 6.45) is 1.75. The third-order valence-corrected chi connectivity index (χ3v) is 4.10. The molecule has 1 saturated heterocycles. The topological polar surface area (TPSA) is 90.4 Å². The van der Waals surface area contributed by atoms with Crippen LogP contribution in [0.3, 0.4) is 0 Å². The Morgan fingerprint density at radius 3 is 2.42 bits per heavy atom. The molecule has 0 aliphatic carbocycles. The first-order valence-corrected chi connectivity index (χ1v) is 7.76. The number of aromatic nitrogens is 4. The van der Waals surface area contributed by atoms with Gasteiger partial charge in [0.05, 0.1) is 0 Å². The molecule has 0 aromatic carbocycles. The molecule has 0 radical (unpaired) electrons. The Morgan fingerprint density at radius 1 is 1.12 bits per heavy atom. The minimum absolute atomic E-state index is 0.303. The molecule has 3 rings (SSSR count). The van der Waals surface area contributed by atoms with Gasteiger partial charge < -0.3 is 14.7 Å². The number of anilines is 3. The molecule has 1 N–H and O–H groups in total. The third-order valence-electron chi connectivity index (χ3n) is 4.10. The van der Waals surface area contributed by atoms with Gasteiger partial charge in [0.15, 0.2) is 0 Å². The number of hydrogen-bond donors (Lipinski definition) is 1. The summed E-state index contributed by atoms with van der Waals surface area (Å²) in [4.78, 5) is 41.1. The van der Waals surface area contributed by atoms with E-state index < -0.39 is 5.69 Å². The lowest BCUT2D eigenvalue weighted by Gasteiger charge is -2.36. The predicted octanol–water partition coefficient (Wildman–Crippen LogP) is -0.744. The highest BCUT2D eigenvalue weighted by Crippen LogP contribution is 2.17. The molecule has 9 heteroatoms. The lowest BCUT2D eigenvalue weighted by Crippen LogP contribution is -2.48. The average molecular weight is 331 g/mol. The van der Waals surface area contributed by atoms with Crippen molar-refractivity contribution in [2.24, 2.45) is 7.05 Å². The van der Waals surface area contributed by atoms with Crippen LogP contribution in [0.25, 0.3) is 0 Å². The molecule has 9 nitrogen and oxygen atoms in total. The highest BCUT2D eigenvalue weighted by atomic mass is 16.2. The Kier molecular flexibility index (Phi) is 4.24. The van der Waals surface area contributed by atoms with E-state index in [4.69, 9.17) is 0 Å². The summed E-state index contributed by atoms with van der Waals surface area (Å²) in [5, 5.41) is 0. The molecule has 2 aromatic rings. The van der Waals surface area contributed by atoms with Gasteiger partial charge in [-0.2, -0.15) is 4.98 Å². The molecule has 0 amide bonds. The second-order valence-corrected chi connectivity index (χ2v) is 5.94. The molecule has 0 bridgehead atoms. The molecule has 24 heavy (non-hydrogen) atoms. The molecule has 1 fully saturated rings. The smallest absolute Gasteiger partial charge is 0.329 e. The average Bonchev–Trinajstić information content (AvgIpc) is 2.59. The fraction of sp³-hybridized carbons (Fsp3) is 0.467. The lowest BCUT2D eigenvalue weighted by molar-refractivity contribution is 0.634. The van der Waals surface area contributed by atoms with Gasteiger partial charge in [0, 0.05) is 59.6 Å². The van der Waals surface area contributed by atoms with Gasteiger partial charge in [-0.25, -0.2) is 9.78 Å². The maximum absolute atomic E-state index is 11.8. The first-order valence-electron chi connectivity index (χ1n) is 7.76. The van der Waals surface area contributed by atoms with Gasteiger partial charge >= 0.3 is 5.69 Å². The molecule has 2 aromatic heterocycles. The van der Waals surface area contributed by atoms with Crippen LogP contribution in [0.15, 0.2) is 27.9 Å². The van der Waals surface area contributed by atoms with Crippen molar-refractivity contribution in [1.29, 1.82) is 0 Å². The van der Waals surface area contributed by atoms with Crippen LogP contribution in [0.1, 0.15) is 0 Å². The van der Waals surface area contributed by atoms with Crippen LogP contribution in [0.4, 0.5) is 17.6 Å². The summed E-state index contributed by atoms with van der Waals surface area (Å²) in [7, 11) is 5.27. The van der Waals surface area contributed by atoms with Crippen molar-refractivity contribution in [3.05, 3.63) is 39.2 Å². The monoisotopic (exact) mass is 331 g/mol. The van der Waals surface area contributed by atoms with Crippen molar-refractivity contribution in [1.82, 2.24) is 19.5 Å². The molecule has 0 saturated carbocycles. The zero-order valence-corrected chi connectivity index (χ0v) is 14.1. The van der Waals surface area contributed by atoms with Crippen molar-refractivity contribution in [2.45, 2.75) is 0 Å². The van der Waals surface area contributed by atoms with E-state index in [-0.39, 0.29) is 5.56 Å². The van der Waals surface area contributed by atoms with E-state index >= 15 is 0 Å². The van der Waals surface area contributed by atoms with Crippen molar-refractivity contribution in [2.75, 3.05) is 55.0 Å². The van der Waals surface area contributed by atoms with Crippen LogP contribution in [0, 0.1) is 0 Å². The minimum Gasteiger partial charge on any atom is -0.354 e. The van der Waals surface area contributed by atoms with E-state index in [0.29, 0.717) is 24.9 Å². The zero-order chi connectivity index (χ0) is 17.3. The third kappa shape index (κ3) is 3.10. The Labute approximate surface area is 139 Å². The molecule has 128 valence electrons. The van der Waals surface area contributed by atoms with Crippen molar-refractivity contribution < 1.29 is 0 Å². The van der Waals surface area contributed by atoms with E-state index in [9.17, 15) is 9.59 Å². The highest BCUT2D eigenvalue weighted by molar-refractivity contribution is 5.46. The van der Waals surface area contributed by atoms with E-state index in [0.717, 1.165) is 23.5 Å². The van der Waals surface area contributed by atoms with Crippen LogP contribution in [0.2, 0.25) is 0 Å². The summed E-state index contributed by atoms with van der Waals surface area (Å²) in [6, 6.07) is 3.36. The van der Waals surface area contributed by atoms with Crippen LogP contribution >= 0.6 is 0 Å². The Morgan fingerprint density at radius 2 is 1.79 bits per heavy atom. The maximum atomic E-state index is 11.8. The van der Waals surface area contributed by atoms with E-state index in [1.54, 1.807) is 6.20 Å². The minimum atomic E-state index is -0.397. The molecule has 0 atom stereocenters. The predicted molar refractivity (Wildman–Crippen MR) is 93.1 cm³/mol. The number of aromatic amines is 1. The second-order valence-electron chi connectivity index (χ2n) is 5.94. The molecular formula is C15H21N7O2. The van der Waals surface area contributed by atoms with Gasteiger partial charge in [-0.15, -0.1) is 0 Å². The fourth-order valence-electron chi connectivity index (χ4n) is 2.62. The summed E-state index contributed by atoms with van der Waals surface area (Å²) >= 11 is 0. The van der Waals surface area contributed by atoms with Crippen LogP contribution in [0.5, 0.6) is 0 Å². The normalized spacial score (nSPS) is 14.8. The molecule has 1 aliphatic rings. The second kappa shape index (κ2) is 6.34. The number of hydrogen-bond acceptors (Lipinski definition) is 7. The maximum Gasteiger partial charge on any atom is 0.329 e. The van der Waals surface area contributed by atoms with Gasteiger partial charge in [0.25, 0.3) is 5.56 Å². The number of rotatable bonds is 3. The standard InChI is InChI=1S/C15H21N7O2/c1-19(2)14-16-5-4-11(17-14)21-6-8-22(9-7-21)12-10-13(23)20(3)15(24)18-12/h4-5,10H,6-9H2,1-3H3,(H,18,24). The lowest BCUT2D eigenvalue weighted by atomic mass is 10.3. The number of nitrogens with one attached hydrogen (secondary N) is 1. The summed E-state index contributed by atoms with van der Waals surface area (Å²) in [5.41, 5.74) is -0.700. The molecular weight excluding hydrogens is 310 g/mol. The first kappa shape index (κ1) is 16.0. The van der Waals surface area contributed by atoms with Gasteiger partial charge in [0.1, 0.15) is 11.6 Å². The molecule has 0 spiro atoms. The van der Waals surface area contributed by atoms with Crippen molar-refractivity contribution in [3.8, 4) is 0 Å².